The van der Waals surface area contributed by atoms with Crippen LogP contribution in [0.15, 0.2) is 10.5 Å². The Kier molecular flexibility index (Phi) is 9.21. The lowest BCUT2D eigenvalue weighted by molar-refractivity contribution is -0.120. The predicted molar refractivity (Wildman–Crippen MR) is 142 cm³/mol. The summed E-state index contributed by atoms with van der Waals surface area (Å²) < 4.78 is 5.08. The van der Waals surface area contributed by atoms with E-state index in [0.29, 0.717) is 21.8 Å². The summed E-state index contributed by atoms with van der Waals surface area (Å²) >= 11 is 8.43. The van der Waals surface area contributed by atoms with Gasteiger partial charge >= 0.3 is 0 Å². The zero-order chi connectivity index (χ0) is 24.8. The molecule has 2 aromatic rings. The van der Waals surface area contributed by atoms with E-state index in [9.17, 15) is 9.59 Å². The normalized spacial score (nSPS) is 22.7. The average Bonchev–Trinajstić information content (AvgIpc) is 3.60. The number of nitrogens with two attached hydrogens (primary N) is 1. The number of methoxy groups -OCH3 is 1. The highest BCUT2D eigenvalue weighted by Gasteiger charge is 2.33. The van der Waals surface area contributed by atoms with Crippen LogP contribution in [-0.4, -0.2) is 56.4 Å². The van der Waals surface area contributed by atoms with Crippen LogP contribution < -0.4 is 26.5 Å². The number of hydrogen-bond donors (Lipinski definition) is 5. The Balaban J connectivity index is 1.25. The second-order valence-electron chi connectivity index (χ2n) is 8.33. The summed E-state index contributed by atoms with van der Waals surface area (Å²) in [4.78, 5) is 28.7. The second-order valence-corrected chi connectivity index (χ2v) is 11.7. The van der Waals surface area contributed by atoms with Gasteiger partial charge in [-0.05, 0) is 19.3 Å². The third-order valence-corrected chi connectivity index (χ3v) is 9.06. The molecular formula is C20H28N8O3S4. The number of aromatic nitrogens is 3. The summed E-state index contributed by atoms with van der Waals surface area (Å²) in [7, 11) is 1.56. The predicted octanol–water partition coefficient (Wildman–Crippen LogP) is 2.16. The maximum atomic E-state index is 12.4. The van der Waals surface area contributed by atoms with Crippen molar-refractivity contribution in [2.24, 2.45) is 16.8 Å². The van der Waals surface area contributed by atoms with Gasteiger partial charge in [0.2, 0.25) is 16.9 Å². The molecule has 190 valence electrons. The number of ether oxygens (including phenoxy) is 1. The molecule has 5 N–H and O–H groups in total. The third-order valence-electron chi connectivity index (χ3n) is 5.61. The van der Waals surface area contributed by atoms with Gasteiger partial charge < -0.3 is 21.1 Å². The fraction of sp³-hybridized carbons (Fsp3) is 0.600. The van der Waals surface area contributed by atoms with E-state index in [2.05, 4.69) is 49.0 Å². The molecule has 1 aliphatic carbocycles. The number of rotatable bonds is 10. The standard InChI is InChI=1S/C20H28N8O3S4/c1-31-20-22-13(9-33-20)7-15(30)24-19-28-26-17(35-19)11-4-2-3-10(5-11)16-25-27-18(34-16)23-14(29)6-12(21)8-32/h9-12,19,28,32H,2-8,21H2,1H3,(H,24,30)(H,23,27,29). The topological polar surface area (TPSA) is 157 Å². The smallest absolute Gasteiger partial charge is 0.273 e. The number of hydrogen-bond acceptors (Lipinski definition) is 13. The van der Waals surface area contributed by atoms with Crippen molar-refractivity contribution >= 4 is 69.1 Å². The quantitative estimate of drug-likeness (QED) is 0.277. The van der Waals surface area contributed by atoms with Gasteiger partial charge in [-0.1, -0.05) is 40.9 Å². The maximum absolute atomic E-state index is 12.4. The fourth-order valence-electron chi connectivity index (χ4n) is 3.93. The molecule has 4 atom stereocenters. The van der Waals surface area contributed by atoms with E-state index in [1.807, 2.05) is 5.38 Å². The van der Waals surface area contributed by atoms with Crippen LogP contribution in [0.3, 0.4) is 0 Å². The molecule has 15 heteroatoms. The molecule has 0 radical (unpaired) electrons. The number of carbonyl (C=O) groups excluding carboxylic acids is 2. The van der Waals surface area contributed by atoms with Gasteiger partial charge in [0.25, 0.3) is 5.19 Å². The zero-order valence-electron chi connectivity index (χ0n) is 19.1. The fourth-order valence-corrected chi connectivity index (χ4v) is 6.66. The molecule has 1 saturated carbocycles. The molecule has 0 aromatic carbocycles. The number of thiazole rings is 1. The number of nitrogens with one attached hydrogen (secondary N) is 3. The van der Waals surface area contributed by atoms with E-state index in [-0.39, 0.29) is 48.0 Å². The number of carbonyl (C=O) groups is 2. The van der Waals surface area contributed by atoms with Gasteiger partial charge in [0.1, 0.15) is 10.1 Å². The summed E-state index contributed by atoms with van der Waals surface area (Å²) in [6, 6.07) is -0.285. The van der Waals surface area contributed by atoms with Gasteiger partial charge in [-0.15, -0.1) is 10.2 Å². The lowest BCUT2D eigenvalue weighted by Gasteiger charge is -2.27. The molecule has 35 heavy (non-hydrogen) atoms. The number of amides is 2. The lowest BCUT2D eigenvalue weighted by atomic mass is 9.82. The van der Waals surface area contributed by atoms with Crippen molar-refractivity contribution in [2.75, 3.05) is 18.2 Å². The Hall–Kier alpha value is -1.94. The van der Waals surface area contributed by atoms with Crippen LogP contribution in [0, 0.1) is 5.92 Å². The van der Waals surface area contributed by atoms with E-state index in [1.54, 1.807) is 18.9 Å². The zero-order valence-corrected chi connectivity index (χ0v) is 22.4. The molecule has 0 saturated heterocycles. The second kappa shape index (κ2) is 12.3. The number of nitrogens with zero attached hydrogens (tertiary/aromatic N) is 4. The van der Waals surface area contributed by atoms with Crippen molar-refractivity contribution in [2.45, 2.75) is 56.0 Å². The number of anilines is 1. The molecule has 2 amide bonds. The van der Waals surface area contributed by atoms with Crippen molar-refractivity contribution in [1.29, 1.82) is 0 Å². The SMILES string of the molecule is COc1nc(CC(=O)NC2NN=C(C3CCCC(c4nnc(NC(=O)CC(N)CS)s4)C3)S2)cs1. The van der Waals surface area contributed by atoms with Crippen LogP contribution in [0.1, 0.15) is 48.7 Å². The summed E-state index contributed by atoms with van der Waals surface area (Å²) in [5.74, 6) is 0.681. The molecular weight excluding hydrogens is 529 g/mol. The summed E-state index contributed by atoms with van der Waals surface area (Å²) in [6.45, 7) is 0. The minimum absolute atomic E-state index is 0.125. The van der Waals surface area contributed by atoms with Gasteiger partial charge in [-0.2, -0.15) is 17.7 Å². The molecule has 4 rings (SSSR count). The Labute approximate surface area is 220 Å². The van der Waals surface area contributed by atoms with Crippen molar-refractivity contribution < 1.29 is 14.3 Å². The van der Waals surface area contributed by atoms with E-state index in [1.165, 1.54) is 22.7 Å². The largest absolute Gasteiger partial charge is 0.473 e. The van der Waals surface area contributed by atoms with Crippen LogP contribution in [0.4, 0.5) is 5.13 Å². The summed E-state index contributed by atoms with van der Waals surface area (Å²) in [5.41, 5.74) is 9.19. The number of hydrazone groups is 1. The van der Waals surface area contributed by atoms with Crippen LogP contribution in [0.25, 0.3) is 0 Å². The molecule has 1 aliphatic heterocycles. The van der Waals surface area contributed by atoms with E-state index >= 15 is 0 Å². The van der Waals surface area contributed by atoms with Crippen LogP contribution in [-0.2, 0) is 16.0 Å². The van der Waals surface area contributed by atoms with Crippen molar-refractivity contribution in [3.63, 3.8) is 0 Å². The molecule has 2 aromatic heterocycles. The Morgan fingerprint density at radius 1 is 1.31 bits per heavy atom. The van der Waals surface area contributed by atoms with Crippen molar-refractivity contribution in [3.8, 4) is 5.19 Å². The van der Waals surface area contributed by atoms with E-state index in [4.69, 9.17) is 10.5 Å². The van der Waals surface area contributed by atoms with Crippen LogP contribution in [0.5, 0.6) is 5.19 Å². The highest BCUT2D eigenvalue weighted by molar-refractivity contribution is 8.14. The van der Waals surface area contributed by atoms with E-state index < -0.39 is 0 Å². The molecule has 3 heterocycles. The Morgan fingerprint density at radius 2 is 2.14 bits per heavy atom. The monoisotopic (exact) mass is 556 g/mol. The first-order valence-electron chi connectivity index (χ1n) is 11.2. The Morgan fingerprint density at radius 3 is 2.91 bits per heavy atom. The minimum Gasteiger partial charge on any atom is -0.473 e. The van der Waals surface area contributed by atoms with Gasteiger partial charge in [-0.25, -0.2) is 4.98 Å². The van der Waals surface area contributed by atoms with Crippen LogP contribution in [0.2, 0.25) is 0 Å². The summed E-state index contributed by atoms with van der Waals surface area (Å²) in [5, 5.41) is 23.5. The first-order valence-corrected chi connectivity index (χ1v) is 14.4. The first-order chi connectivity index (χ1) is 16.9. The minimum atomic E-state index is -0.301. The third kappa shape index (κ3) is 7.29. The van der Waals surface area contributed by atoms with Crippen molar-refractivity contribution in [1.82, 2.24) is 25.9 Å². The lowest BCUT2D eigenvalue weighted by Crippen LogP contribution is -2.39. The molecule has 0 spiro atoms. The first kappa shape index (κ1) is 26.1. The summed E-state index contributed by atoms with van der Waals surface area (Å²) in [6.07, 6.45) is 4.40. The van der Waals surface area contributed by atoms with E-state index in [0.717, 1.165) is 35.7 Å². The van der Waals surface area contributed by atoms with Gasteiger partial charge in [0.05, 0.1) is 19.2 Å². The highest BCUT2D eigenvalue weighted by Crippen LogP contribution is 2.41. The maximum Gasteiger partial charge on any atom is 0.273 e. The molecule has 4 unspecified atom stereocenters. The highest BCUT2D eigenvalue weighted by atomic mass is 32.2. The van der Waals surface area contributed by atoms with Gasteiger partial charge in [0, 0.05) is 35.4 Å². The molecule has 0 bridgehead atoms. The van der Waals surface area contributed by atoms with Crippen molar-refractivity contribution in [3.05, 3.63) is 16.1 Å². The molecule has 1 fully saturated rings. The number of thiol groups is 1. The Bertz CT molecular complexity index is 1060. The number of thioether (sulfide) groups is 1. The molecule has 2 aliphatic rings. The van der Waals surface area contributed by atoms with Gasteiger partial charge in [0.15, 0.2) is 5.50 Å². The van der Waals surface area contributed by atoms with Gasteiger partial charge in [-0.3, -0.25) is 15.0 Å². The van der Waals surface area contributed by atoms with Crippen LogP contribution >= 0.6 is 47.1 Å². The average molecular weight is 557 g/mol. The molecule has 11 nitrogen and oxygen atoms in total.